The molecule has 0 bridgehead atoms. The van der Waals surface area contributed by atoms with Crippen molar-refractivity contribution in [3.8, 4) is 0 Å². The molecule has 0 spiro atoms. The largest absolute Gasteiger partial charge is 0.417 e. The molecule has 0 unspecified atom stereocenters. The number of carbonyl (C=O) groups is 2. The molecule has 26 heavy (non-hydrogen) atoms. The van der Waals surface area contributed by atoms with Gasteiger partial charge in [-0.15, -0.1) is 10.2 Å². The number of amides is 3. The maximum atomic E-state index is 12.9. The van der Waals surface area contributed by atoms with Gasteiger partial charge in [0, 0.05) is 12.7 Å². The average Bonchev–Trinajstić information content (AvgIpc) is 2.94. The fraction of sp³-hybridized carbons (Fsp3) is 0.429. The average molecular weight is 410 g/mol. The Hall–Kier alpha value is -2.01. The fourth-order valence-corrected chi connectivity index (χ4v) is 2.78. The highest BCUT2D eigenvalue weighted by molar-refractivity contribution is 7.99. The molecule has 0 aliphatic rings. The molecule has 2 heterocycles. The van der Waals surface area contributed by atoms with E-state index in [-0.39, 0.29) is 27.5 Å². The second-order valence-corrected chi connectivity index (χ2v) is 7.04. The molecule has 0 radical (unpaired) electrons. The van der Waals surface area contributed by atoms with Crippen LogP contribution in [0.3, 0.4) is 0 Å². The summed E-state index contributed by atoms with van der Waals surface area (Å²) in [5, 5.41) is 11.9. The van der Waals surface area contributed by atoms with Crippen LogP contribution in [0.25, 0.3) is 5.65 Å². The second-order valence-electron chi connectivity index (χ2n) is 5.69. The number of aromatic nitrogens is 3. The number of alkyl halides is 3. The minimum atomic E-state index is -4.59. The van der Waals surface area contributed by atoms with Crippen molar-refractivity contribution in [2.24, 2.45) is 5.92 Å². The highest BCUT2D eigenvalue weighted by Crippen LogP contribution is 2.33. The van der Waals surface area contributed by atoms with Crippen molar-refractivity contribution in [3.63, 3.8) is 0 Å². The molecule has 0 saturated carbocycles. The number of hydrogen-bond acceptors (Lipinski definition) is 5. The van der Waals surface area contributed by atoms with Gasteiger partial charge in [0.05, 0.1) is 16.3 Å². The van der Waals surface area contributed by atoms with Crippen LogP contribution >= 0.6 is 23.4 Å². The Balaban J connectivity index is 2.06. The van der Waals surface area contributed by atoms with Crippen molar-refractivity contribution >= 4 is 40.9 Å². The van der Waals surface area contributed by atoms with Gasteiger partial charge in [-0.3, -0.25) is 14.5 Å². The van der Waals surface area contributed by atoms with E-state index in [4.69, 9.17) is 11.6 Å². The number of nitrogens with one attached hydrogen (secondary N) is 2. The summed E-state index contributed by atoms with van der Waals surface area (Å²) in [5.41, 5.74) is -0.925. The molecule has 2 rings (SSSR count). The van der Waals surface area contributed by atoms with Crippen LogP contribution < -0.4 is 10.6 Å². The molecule has 0 aromatic carbocycles. The Morgan fingerprint density at radius 3 is 2.65 bits per heavy atom. The van der Waals surface area contributed by atoms with E-state index in [1.807, 2.05) is 13.8 Å². The van der Waals surface area contributed by atoms with Gasteiger partial charge in [-0.05, 0) is 12.0 Å². The highest BCUT2D eigenvalue weighted by Gasteiger charge is 2.32. The number of pyridine rings is 1. The highest BCUT2D eigenvalue weighted by atomic mass is 35.5. The zero-order valence-corrected chi connectivity index (χ0v) is 15.3. The lowest BCUT2D eigenvalue weighted by molar-refractivity contribution is -0.137. The molecule has 0 aliphatic heterocycles. The lowest BCUT2D eigenvalue weighted by Crippen LogP contribution is -2.41. The molecule has 2 aromatic rings. The van der Waals surface area contributed by atoms with Gasteiger partial charge < -0.3 is 5.32 Å². The van der Waals surface area contributed by atoms with Gasteiger partial charge in [0.1, 0.15) is 0 Å². The monoisotopic (exact) mass is 409 g/mol. The molecule has 2 aromatic heterocycles. The third kappa shape index (κ3) is 5.24. The SMILES string of the molecule is CC(C)CNC(=O)NC(=O)CSc1nnc2c(Cl)cc(C(F)(F)F)cn12. The molecule has 2 N–H and O–H groups in total. The Morgan fingerprint density at radius 1 is 1.35 bits per heavy atom. The van der Waals surface area contributed by atoms with Crippen LogP contribution in [0.5, 0.6) is 0 Å². The molecule has 0 aliphatic carbocycles. The van der Waals surface area contributed by atoms with Crippen molar-refractivity contribution < 1.29 is 22.8 Å². The van der Waals surface area contributed by atoms with Crippen molar-refractivity contribution in [3.05, 3.63) is 22.8 Å². The molecular weight excluding hydrogens is 395 g/mol. The van der Waals surface area contributed by atoms with E-state index >= 15 is 0 Å². The van der Waals surface area contributed by atoms with Crippen molar-refractivity contribution in [1.29, 1.82) is 0 Å². The summed E-state index contributed by atoms with van der Waals surface area (Å²) in [6.45, 7) is 4.20. The standard InChI is InChI=1S/C14H15ClF3N5O2S/c1-7(2)4-19-12(25)20-10(24)6-26-13-22-21-11-9(15)3-8(5-23(11)13)14(16,17)18/h3,5,7H,4,6H2,1-2H3,(H2,19,20,24,25). The summed E-state index contributed by atoms with van der Waals surface area (Å²) in [7, 11) is 0. The summed E-state index contributed by atoms with van der Waals surface area (Å²) in [6.07, 6.45) is -3.79. The van der Waals surface area contributed by atoms with Crippen molar-refractivity contribution in [2.45, 2.75) is 25.2 Å². The van der Waals surface area contributed by atoms with E-state index < -0.39 is 23.7 Å². The van der Waals surface area contributed by atoms with Crippen LogP contribution in [0.4, 0.5) is 18.0 Å². The zero-order chi connectivity index (χ0) is 19.5. The first-order valence-electron chi connectivity index (χ1n) is 7.40. The Morgan fingerprint density at radius 2 is 2.04 bits per heavy atom. The number of fused-ring (bicyclic) bond motifs is 1. The van der Waals surface area contributed by atoms with E-state index in [1.54, 1.807) is 0 Å². The smallest absolute Gasteiger partial charge is 0.338 e. The number of carbonyl (C=O) groups excluding carboxylic acids is 2. The normalized spacial score (nSPS) is 11.8. The number of hydrogen-bond donors (Lipinski definition) is 2. The molecule has 3 amide bonds. The molecule has 0 saturated heterocycles. The first-order valence-corrected chi connectivity index (χ1v) is 8.76. The number of rotatable bonds is 5. The summed E-state index contributed by atoms with van der Waals surface area (Å²) in [6, 6.07) is 0.115. The van der Waals surface area contributed by atoms with E-state index in [0.29, 0.717) is 6.54 Å². The predicted molar refractivity (Wildman–Crippen MR) is 90.1 cm³/mol. The van der Waals surface area contributed by atoms with Crippen LogP contribution in [0.2, 0.25) is 5.02 Å². The molecule has 0 atom stereocenters. The van der Waals surface area contributed by atoms with Crippen LogP contribution in [0, 0.1) is 5.92 Å². The van der Waals surface area contributed by atoms with Gasteiger partial charge in [0.2, 0.25) is 5.91 Å². The maximum Gasteiger partial charge on any atom is 0.417 e. The van der Waals surface area contributed by atoms with Crippen molar-refractivity contribution in [2.75, 3.05) is 12.3 Å². The molecular formula is C14H15ClF3N5O2S. The number of urea groups is 1. The summed E-state index contributed by atoms with van der Waals surface area (Å²) in [4.78, 5) is 23.3. The van der Waals surface area contributed by atoms with Gasteiger partial charge in [0.25, 0.3) is 0 Å². The number of imide groups is 1. The Kier molecular flexibility index (Phi) is 6.34. The summed E-state index contributed by atoms with van der Waals surface area (Å²) in [5.74, 6) is -0.629. The fourth-order valence-electron chi connectivity index (χ4n) is 1.82. The van der Waals surface area contributed by atoms with Crippen LogP contribution in [-0.2, 0) is 11.0 Å². The number of thioether (sulfide) groups is 1. The Labute approximate surface area is 155 Å². The van der Waals surface area contributed by atoms with Gasteiger partial charge >= 0.3 is 12.2 Å². The van der Waals surface area contributed by atoms with E-state index in [2.05, 4.69) is 20.8 Å². The van der Waals surface area contributed by atoms with Crippen LogP contribution in [-0.4, -0.2) is 38.8 Å². The van der Waals surface area contributed by atoms with E-state index in [0.717, 1.165) is 28.4 Å². The second kappa shape index (κ2) is 8.12. The van der Waals surface area contributed by atoms with Gasteiger partial charge in [-0.1, -0.05) is 37.2 Å². The first kappa shape index (κ1) is 20.3. The third-order valence-electron chi connectivity index (χ3n) is 3.01. The van der Waals surface area contributed by atoms with Crippen LogP contribution in [0.1, 0.15) is 19.4 Å². The molecule has 12 heteroatoms. The maximum absolute atomic E-state index is 12.9. The number of nitrogens with zero attached hydrogens (tertiary/aromatic N) is 3. The number of halogens is 4. The topological polar surface area (TPSA) is 88.4 Å². The minimum Gasteiger partial charge on any atom is -0.338 e. The first-order chi connectivity index (χ1) is 12.1. The third-order valence-corrected chi connectivity index (χ3v) is 4.23. The van der Waals surface area contributed by atoms with Gasteiger partial charge in [-0.2, -0.15) is 13.2 Å². The lowest BCUT2D eigenvalue weighted by atomic mass is 10.2. The summed E-state index contributed by atoms with van der Waals surface area (Å²) < 4.78 is 39.7. The lowest BCUT2D eigenvalue weighted by Gasteiger charge is -2.09. The Bertz CT molecular complexity index is 825. The predicted octanol–water partition coefficient (Wildman–Crippen LogP) is 2.98. The summed E-state index contributed by atoms with van der Waals surface area (Å²) >= 11 is 6.64. The van der Waals surface area contributed by atoms with E-state index in [1.165, 1.54) is 0 Å². The van der Waals surface area contributed by atoms with Crippen molar-refractivity contribution in [1.82, 2.24) is 25.2 Å². The zero-order valence-electron chi connectivity index (χ0n) is 13.7. The minimum absolute atomic E-state index is 0.0391. The van der Waals surface area contributed by atoms with E-state index in [9.17, 15) is 22.8 Å². The molecule has 0 fully saturated rings. The molecule has 142 valence electrons. The molecule has 7 nitrogen and oxygen atoms in total. The van der Waals surface area contributed by atoms with Gasteiger partial charge in [0.15, 0.2) is 10.8 Å². The quantitative estimate of drug-likeness (QED) is 0.741. The van der Waals surface area contributed by atoms with Gasteiger partial charge in [-0.25, -0.2) is 4.79 Å². The van der Waals surface area contributed by atoms with Crippen LogP contribution in [0.15, 0.2) is 17.4 Å².